The summed E-state index contributed by atoms with van der Waals surface area (Å²) in [5.74, 6) is -1.69. The molecule has 8 nitrogen and oxygen atoms in total. The third-order valence-electron chi connectivity index (χ3n) is 4.71. The van der Waals surface area contributed by atoms with Crippen molar-refractivity contribution in [2.24, 2.45) is 0 Å². The molecule has 2 aliphatic rings. The highest BCUT2D eigenvalue weighted by molar-refractivity contribution is 7.98. The minimum Gasteiger partial charge on any atom is -0.454 e. The summed E-state index contributed by atoms with van der Waals surface area (Å²) in [5.41, 5.74) is -0.267. The number of benzene rings is 1. The summed E-state index contributed by atoms with van der Waals surface area (Å²) in [6.45, 7) is -0.987. The quantitative estimate of drug-likeness (QED) is 0.435. The normalized spacial score (nSPS) is 17.9. The Labute approximate surface area is 161 Å². The second-order valence-corrected chi connectivity index (χ2v) is 7.43. The molecule has 1 aromatic rings. The lowest BCUT2D eigenvalue weighted by atomic mass is 9.98. The van der Waals surface area contributed by atoms with Gasteiger partial charge in [-0.25, -0.2) is 4.79 Å². The summed E-state index contributed by atoms with van der Waals surface area (Å²) in [6, 6.07) is 6.67. The first-order valence-electron chi connectivity index (χ1n) is 8.67. The fourth-order valence-corrected chi connectivity index (χ4v) is 3.82. The van der Waals surface area contributed by atoms with Crippen molar-refractivity contribution in [1.82, 2.24) is 10.2 Å². The Balaban J connectivity index is 1.48. The zero-order valence-corrected chi connectivity index (χ0v) is 15.8. The number of ether oxygens (including phenoxy) is 1. The number of nitrogens with one attached hydrogen (secondary N) is 2. The van der Waals surface area contributed by atoms with Crippen LogP contribution in [0.5, 0.6) is 0 Å². The molecule has 0 radical (unpaired) electrons. The largest absolute Gasteiger partial charge is 0.454 e. The molecule has 1 aromatic carbocycles. The number of anilines is 1. The topological polar surface area (TPSA) is 105 Å². The van der Waals surface area contributed by atoms with Crippen molar-refractivity contribution >= 4 is 41.3 Å². The Hall–Kier alpha value is -2.55. The molecule has 1 saturated heterocycles. The second-order valence-electron chi connectivity index (χ2n) is 6.55. The average molecular weight is 391 g/mol. The molecule has 0 unspecified atom stereocenters. The van der Waals surface area contributed by atoms with Crippen molar-refractivity contribution < 1.29 is 23.9 Å². The first-order chi connectivity index (χ1) is 12.9. The van der Waals surface area contributed by atoms with Gasteiger partial charge in [-0.3, -0.25) is 19.3 Å². The van der Waals surface area contributed by atoms with Crippen molar-refractivity contribution in [3.05, 3.63) is 24.3 Å². The molecule has 2 N–H and O–H groups in total. The Morgan fingerprint density at radius 1 is 1.30 bits per heavy atom. The standard InChI is InChI=1S/C18H21N3O5S/c1-27-13-6-4-5-12(9-13)19-14(22)11-26-15(23)10-21-16(24)18(20-17(21)25)7-2-3-8-18/h4-6,9H,2-3,7-8,10-11H2,1H3,(H,19,22)(H,20,25). The van der Waals surface area contributed by atoms with E-state index in [1.165, 1.54) is 0 Å². The summed E-state index contributed by atoms with van der Waals surface area (Å²) in [5, 5.41) is 5.32. The fraction of sp³-hybridized carbons (Fsp3) is 0.444. The van der Waals surface area contributed by atoms with Crippen molar-refractivity contribution in [3.8, 4) is 0 Å². The summed E-state index contributed by atoms with van der Waals surface area (Å²) < 4.78 is 4.91. The number of rotatable bonds is 6. The summed E-state index contributed by atoms with van der Waals surface area (Å²) in [6.07, 6.45) is 4.82. The number of amides is 4. The molecule has 0 bridgehead atoms. The number of hydrogen-bond acceptors (Lipinski definition) is 6. The highest BCUT2D eigenvalue weighted by Gasteiger charge is 2.52. The van der Waals surface area contributed by atoms with Gasteiger partial charge in [-0.1, -0.05) is 18.9 Å². The molecule has 4 amide bonds. The van der Waals surface area contributed by atoms with E-state index in [1.54, 1.807) is 23.9 Å². The van der Waals surface area contributed by atoms with Crippen LogP contribution in [-0.4, -0.2) is 53.7 Å². The molecule has 144 valence electrons. The van der Waals surface area contributed by atoms with Gasteiger partial charge < -0.3 is 15.4 Å². The van der Waals surface area contributed by atoms with Crippen molar-refractivity contribution in [2.45, 2.75) is 36.1 Å². The predicted octanol–water partition coefficient (Wildman–Crippen LogP) is 1.75. The molecule has 27 heavy (non-hydrogen) atoms. The third-order valence-corrected chi connectivity index (χ3v) is 5.43. The molecule has 1 spiro atoms. The molecule has 0 aromatic heterocycles. The number of esters is 1. The van der Waals surface area contributed by atoms with Crippen LogP contribution in [0.25, 0.3) is 0 Å². The van der Waals surface area contributed by atoms with E-state index in [-0.39, 0.29) is 5.91 Å². The van der Waals surface area contributed by atoms with E-state index < -0.39 is 36.6 Å². The number of nitrogens with zero attached hydrogens (tertiary/aromatic N) is 1. The predicted molar refractivity (Wildman–Crippen MR) is 99.3 cm³/mol. The van der Waals surface area contributed by atoms with E-state index in [9.17, 15) is 19.2 Å². The maximum atomic E-state index is 12.5. The molecule has 2 fully saturated rings. The minimum absolute atomic E-state index is 0.389. The van der Waals surface area contributed by atoms with Crippen molar-refractivity contribution in [3.63, 3.8) is 0 Å². The van der Waals surface area contributed by atoms with Crippen LogP contribution in [-0.2, 0) is 19.1 Å². The third kappa shape index (κ3) is 4.24. The molecule has 1 aliphatic carbocycles. The van der Waals surface area contributed by atoms with Crippen LogP contribution in [0.2, 0.25) is 0 Å². The molecule has 3 rings (SSSR count). The van der Waals surface area contributed by atoms with Gasteiger partial charge in [-0.05, 0) is 37.3 Å². The van der Waals surface area contributed by atoms with Gasteiger partial charge in [0.15, 0.2) is 6.61 Å². The van der Waals surface area contributed by atoms with Gasteiger partial charge in [0.05, 0.1) is 0 Å². The first kappa shape index (κ1) is 19.2. The summed E-state index contributed by atoms with van der Waals surface area (Å²) >= 11 is 1.54. The fourth-order valence-electron chi connectivity index (χ4n) is 3.36. The molecule has 1 heterocycles. The van der Waals surface area contributed by atoms with Crippen LogP contribution in [0, 0.1) is 0 Å². The summed E-state index contributed by atoms with van der Waals surface area (Å²) in [4.78, 5) is 50.3. The van der Waals surface area contributed by atoms with E-state index in [1.807, 2.05) is 18.4 Å². The Morgan fingerprint density at radius 2 is 2.04 bits per heavy atom. The van der Waals surface area contributed by atoms with E-state index in [0.717, 1.165) is 22.6 Å². The van der Waals surface area contributed by atoms with E-state index in [4.69, 9.17) is 4.74 Å². The number of carbonyl (C=O) groups excluding carboxylic acids is 4. The number of carbonyl (C=O) groups is 4. The zero-order chi connectivity index (χ0) is 19.4. The second kappa shape index (κ2) is 7.99. The molecule has 1 aliphatic heterocycles. The molecular weight excluding hydrogens is 370 g/mol. The van der Waals surface area contributed by atoms with Gasteiger partial charge in [-0.2, -0.15) is 0 Å². The van der Waals surface area contributed by atoms with Gasteiger partial charge >= 0.3 is 12.0 Å². The Kier molecular flexibility index (Phi) is 5.69. The zero-order valence-electron chi connectivity index (χ0n) is 14.9. The van der Waals surface area contributed by atoms with Crippen LogP contribution in [0.3, 0.4) is 0 Å². The molecule has 9 heteroatoms. The van der Waals surface area contributed by atoms with Gasteiger partial charge in [0, 0.05) is 10.6 Å². The molecule has 0 atom stereocenters. The Bertz CT molecular complexity index is 776. The average Bonchev–Trinajstić information content (AvgIpc) is 3.21. The lowest BCUT2D eigenvalue weighted by Crippen LogP contribution is -2.44. The van der Waals surface area contributed by atoms with E-state index >= 15 is 0 Å². The van der Waals surface area contributed by atoms with Crippen LogP contribution in [0.1, 0.15) is 25.7 Å². The van der Waals surface area contributed by atoms with Crippen LogP contribution in [0.15, 0.2) is 29.2 Å². The van der Waals surface area contributed by atoms with Gasteiger partial charge in [0.25, 0.3) is 11.8 Å². The first-order valence-corrected chi connectivity index (χ1v) is 9.90. The van der Waals surface area contributed by atoms with Gasteiger partial charge in [0.1, 0.15) is 12.1 Å². The number of urea groups is 1. The highest BCUT2D eigenvalue weighted by Crippen LogP contribution is 2.34. The van der Waals surface area contributed by atoms with Crippen molar-refractivity contribution in [2.75, 3.05) is 24.7 Å². The van der Waals surface area contributed by atoms with Crippen molar-refractivity contribution in [1.29, 1.82) is 0 Å². The van der Waals surface area contributed by atoms with Crippen LogP contribution >= 0.6 is 11.8 Å². The monoisotopic (exact) mass is 391 g/mol. The lowest BCUT2D eigenvalue weighted by Gasteiger charge is -2.19. The minimum atomic E-state index is -0.864. The Morgan fingerprint density at radius 3 is 2.74 bits per heavy atom. The summed E-state index contributed by atoms with van der Waals surface area (Å²) in [7, 11) is 0. The van der Waals surface area contributed by atoms with E-state index in [0.29, 0.717) is 18.5 Å². The van der Waals surface area contributed by atoms with Crippen LogP contribution in [0.4, 0.5) is 10.5 Å². The molecular formula is C18H21N3O5S. The van der Waals surface area contributed by atoms with E-state index in [2.05, 4.69) is 10.6 Å². The lowest BCUT2D eigenvalue weighted by molar-refractivity contribution is -0.150. The maximum absolute atomic E-state index is 12.5. The highest BCUT2D eigenvalue weighted by atomic mass is 32.2. The number of imide groups is 1. The van der Waals surface area contributed by atoms with Crippen LogP contribution < -0.4 is 10.6 Å². The molecule has 1 saturated carbocycles. The number of thioether (sulfide) groups is 1. The SMILES string of the molecule is CSc1cccc(NC(=O)COC(=O)CN2C(=O)NC3(CCCC3)C2=O)c1. The van der Waals surface area contributed by atoms with Gasteiger partial charge in [0.2, 0.25) is 0 Å². The number of hydrogen-bond donors (Lipinski definition) is 2. The van der Waals surface area contributed by atoms with Gasteiger partial charge in [-0.15, -0.1) is 11.8 Å². The maximum Gasteiger partial charge on any atom is 0.326 e. The smallest absolute Gasteiger partial charge is 0.326 e.